The standard InChI is InChI=1S/C10H15N3O3/c1-6(2)10(16)13-7(9(12)15)4-3-5-8(11)14/h6-7H,5H2,1-2H3,(H2,11,14)(H2,12,15)(H,13,16). The Morgan fingerprint density at radius 3 is 2.19 bits per heavy atom. The lowest BCUT2D eigenvalue weighted by atomic mass is 10.2. The summed E-state index contributed by atoms with van der Waals surface area (Å²) in [6.07, 6.45) is -0.179. The molecule has 0 aromatic rings. The molecule has 0 aromatic carbocycles. The quantitative estimate of drug-likeness (QED) is 0.505. The summed E-state index contributed by atoms with van der Waals surface area (Å²) in [5, 5.41) is 2.35. The maximum Gasteiger partial charge on any atom is 0.252 e. The van der Waals surface area contributed by atoms with Crippen LogP contribution in [0.4, 0.5) is 0 Å². The van der Waals surface area contributed by atoms with Gasteiger partial charge in [0.1, 0.15) is 0 Å². The number of primary amides is 2. The lowest BCUT2D eigenvalue weighted by Gasteiger charge is -2.11. The molecule has 88 valence electrons. The summed E-state index contributed by atoms with van der Waals surface area (Å²) in [5.74, 6) is 2.76. The minimum atomic E-state index is -1.09. The van der Waals surface area contributed by atoms with Crippen molar-refractivity contribution in [1.82, 2.24) is 5.32 Å². The van der Waals surface area contributed by atoms with Crippen molar-refractivity contribution in [3.63, 3.8) is 0 Å². The first-order chi connectivity index (χ1) is 7.34. The van der Waals surface area contributed by atoms with Gasteiger partial charge in [-0.1, -0.05) is 25.7 Å². The molecule has 1 unspecified atom stereocenters. The lowest BCUT2D eigenvalue weighted by Crippen LogP contribution is -2.45. The zero-order valence-electron chi connectivity index (χ0n) is 9.24. The molecule has 0 aromatic heterocycles. The Kier molecular flexibility index (Phi) is 5.63. The van der Waals surface area contributed by atoms with Gasteiger partial charge in [0, 0.05) is 5.92 Å². The summed E-state index contributed by atoms with van der Waals surface area (Å²) in [5.41, 5.74) is 9.89. The van der Waals surface area contributed by atoms with Gasteiger partial charge >= 0.3 is 0 Å². The average molecular weight is 225 g/mol. The number of hydrogen-bond donors (Lipinski definition) is 3. The van der Waals surface area contributed by atoms with E-state index in [0.29, 0.717) is 0 Å². The summed E-state index contributed by atoms with van der Waals surface area (Å²) in [6, 6.07) is -1.09. The Morgan fingerprint density at radius 1 is 1.25 bits per heavy atom. The Labute approximate surface area is 93.7 Å². The predicted octanol–water partition coefficient (Wildman–Crippen LogP) is -1.51. The van der Waals surface area contributed by atoms with Gasteiger partial charge in [0.05, 0.1) is 6.42 Å². The highest BCUT2D eigenvalue weighted by Crippen LogP contribution is 1.92. The Hall–Kier alpha value is -2.03. The van der Waals surface area contributed by atoms with Gasteiger partial charge < -0.3 is 16.8 Å². The van der Waals surface area contributed by atoms with Crippen LogP contribution >= 0.6 is 0 Å². The number of carbonyl (C=O) groups is 3. The topological polar surface area (TPSA) is 115 Å². The normalized spacial score (nSPS) is 11.2. The zero-order chi connectivity index (χ0) is 12.7. The molecule has 1 atom stereocenters. The van der Waals surface area contributed by atoms with E-state index in [1.165, 1.54) is 0 Å². The number of rotatable bonds is 4. The molecule has 0 radical (unpaired) electrons. The molecule has 0 bridgehead atoms. The van der Waals surface area contributed by atoms with Crippen LogP contribution in [-0.2, 0) is 14.4 Å². The third-order valence-electron chi connectivity index (χ3n) is 1.60. The number of amides is 3. The van der Waals surface area contributed by atoms with Crippen molar-refractivity contribution in [2.45, 2.75) is 26.3 Å². The van der Waals surface area contributed by atoms with Crippen LogP contribution in [0, 0.1) is 17.8 Å². The van der Waals surface area contributed by atoms with E-state index in [0.717, 1.165) is 0 Å². The fourth-order valence-electron chi connectivity index (χ4n) is 0.727. The van der Waals surface area contributed by atoms with Crippen LogP contribution in [-0.4, -0.2) is 23.8 Å². The van der Waals surface area contributed by atoms with E-state index in [1.54, 1.807) is 13.8 Å². The second kappa shape index (κ2) is 6.45. The maximum absolute atomic E-state index is 11.3. The molecule has 0 spiro atoms. The zero-order valence-corrected chi connectivity index (χ0v) is 9.24. The van der Waals surface area contributed by atoms with E-state index in [1.807, 2.05) is 0 Å². The number of nitrogens with two attached hydrogens (primary N) is 2. The highest BCUT2D eigenvalue weighted by atomic mass is 16.2. The van der Waals surface area contributed by atoms with Crippen LogP contribution in [0.1, 0.15) is 20.3 Å². The number of nitrogens with one attached hydrogen (secondary N) is 1. The number of carbonyl (C=O) groups excluding carboxylic acids is 3. The van der Waals surface area contributed by atoms with Gasteiger partial charge in [-0.05, 0) is 0 Å². The third-order valence-corrected chi connectivity index (χ3v) is 1.60. The van der Waals surface area contributed by atoms with Crippen molar-refractivity contribution in [3.8, 4) is 11.8 Å². The van der Waals surface area contributed by atoms with E-state index in [4.69, 9.17) is 11.5 Å². The summed E-state index contributed by atoms with van der Waals surface area (Å²) >= 11 is 0. The summed E-state index contributed by atoms with van der Waals surface area (Å²) in [7, 11) is 0. The molecule has 0 heterocycles. The monoisotopic (exact) mass is 225 g/mol. The molecule has 0 saturated carbocycles. The molecule has 0 aliphatic rings. The first-order valence-corrected chi connectivity index (χ1v) is 4.71. The van der Waals surface area contributed by atoms with Crippen LogP contribution in [0.5, 0.6) is 0 Å². The molecular weight excluding hydrogens is 210 g/mol. The Morgan fingerprint density at radius 2 is 1.81 bits per heavy atom. The smallest absolute Gasteiger partial charge is 0.252 e. The van der Waals surface area contributed by atoms with E-state index in [2.05, 4.69) is 17.2 Å². The summed E-state index contributed by atoms with van der Waals surface area (Å²) < 4.78 is 0. The van der Waals surface area contributed by atoms with Crippen molar-refractivity contribution in [2.24, 2.45) is 17.4 Å². The first kappa shape index (κ1) is 14.0. The molecule has 6 heteroatoms. The highest BCUT2D eigenvalue weighted by molar-refractivity contribution is 5.90. The van der Waals surface area contributed by atoms with Crippen LogP contribution in [0.2, 0.25) is 0 Å². The summed E-state index contributed by atoms with van der Waals surface area (Å²) in [4.78, 5) is 32.6. The van der Waals surface area contributed by atoms with E-state index in [-0.39, 0.29) is 18.2 Å². The fourth-order valence-corrected chi connectivity index (χ4v) is 0.727. The minimum absolute atomic E-state index is 0.179. The highest BCUT2D eigenvalue weighted by Gasteiger charge is 2.16. The van der Waals surface area contributed by atoms with Crippen LogP contribution in [0.3, 0.4) is 0 Å². The molecular formula is C10H15N3O3. The first-order valence-electron chi connectivity index (χ1n) is 4.71. The summed E-state index contributed by atoms with van der Waals surface area (Å²) in [6.45, 7) is 3.34. The second-order valence-corrected chi connectivity index (χ2v) is 3.46. The molecule has 0 aliphatic carbocycles. The van der Waals surface area contributed by atoms with Crippen molar-refractivity contribution >= 4 is 17.7 Å². The Balaban J connectivity index is 4.49. The second-order valence-electron chi connectivity index (χ2n) is 3.46. The van der Waals surface area contributed by atoms with Gasteiger partial charge in [-0.3, -0.25) is 14.4 Å². The lowest BCUT2D eigenvalue weighted by molar-refractivity contribution is -0.128. The molecule has 0 aliphatic heterocycles. The number of hydrogen-bond acceptors (Lipinski definition) is 3. The maximum atomic E-state index is 11.3. The van der Waals surface area contributed by atoms with Gasteiger partial charge in [-0.15, -0.1) is 0 Å². The van der Waals surface area contributed by atoms with Gasteiger partial charge in [-0.2, -0.15) is 0 Å². The molecule has 0 fully saturated rings. The van der Waals surface area contributed by atoms with Gasteiger partial charge in [0.15, 0.2) is 6.04 Å². The van der Waals surface area contributed by atoms with E-state index >= 15 is 0 Å². The minimum Gasteiger partial charge on any atom is -0.369 e. The van der Waals surface area contributed by atoms with Crippen molar-refractivity contribution < 1.29 is 14.4 Å². The van der Waals surface area contributed by atoms with Crippen LogP contribution in [0.25, 0.3) is 0 Å². The van der Waals surface area contributed by atoms with E-state index in [9.17, 15) is 14.4 Å². The predicted molar refractivity (Wildman–Crippen MR) is 57.6 cm³/mol. The molecule has 0 rings (SSSR count). The van der Waals surface area contributed by atoms with E-state index < -0.39 is 17.9 Å². The van der Waals surface area contributed by atoms with Crippen LogP contribution in [0.15, 0.2) is 0 Å². The van der Waals surface area contributed by atoms with Gasteiger partial charge in [0.25, 0.3) is 5.91 Å². The van der Waals surface area contributed by atoms with Crippen molar-refractivity contribution in [1.29, 1.82) is 0 Å². The van der Waals surface area contributed by atoms with Crippen molar-refractivity contribution in [2.75, 3.05) is 0 Å². The SMILES string of the molecule is CC(C)C(=O)NC(C#CCC(N)=O)C(N)=O. The van der Waals surface area contributed by atoms with Gasteiger partial charge in [-0.25, -0.2) is 0 Å². The molecule has 6 nitrogen and oxygen atoms in total. The third kappa shape index (κ3) is 5.65. The fraction of sp³-hybridized carbons (Fsp3) is 0.500. The molecule has 3 amide bonds. The van der Waals surface area contributed by atoms with Gasteiger partial charge in [0.2, 0.25) is 11.8 Å². The molecule has 16 heavy (non-hydrogen) atoms. The molecule has 0 saturated heterocycles. The largest absolute Gasteiger partial charge is 0.369 e. The average Bonchev–Trinajstić information content (AvgIpc) is 2.14. The molecule has 5 N–H and O–H groups in total. The van der Waals surface area contributed by atoms with Crippen LogP contribution < -0.4 is 16.8 Å². The van der Waals surface area contributed by atoms with Crippen molar-refractivity contribution in [3.05, 3.63) is 0 Å². The Bertz CT molecular complexity index is 352.